The molecule has 35 heavy (non-hydrogen) atoms. The lowest BCUT2D eigenvalue weighted by Crippen LogP contribution is -2.41. The molecular weight excluding hydrogens is 488 g/mol. The Morgan fingerprint density at radius 2 is 1.94 bits per heavy atom. The molecule has 3 rings (SSSR count). The topological polar surface area (TPSA) is 128 Å². The molecule has 1 aromatic carbocycles. The molecule has 186 valence electrons. The van der Waals surface area contributed by atoms with Gasteiger partial charge < -0.3 is 19.9 Å². The molecule has 0 aliphatic heterocycles. The van der Waals surface area contributed by atoms with Crippen LogP contribution in [0.2, 0.25) is 5.02 Å². The predicted octanol–water partition coefficient (Wildman–Crippen LogP) is 4.30. The van der Waals surface area contributed by atoms with Crippen LogP contribution in [0.4, 0.5) is 13.6 Å². The Balaban J connectivity index is 1.72. The maximum absolute atomic E-state index is 14.6. The largest absolute Gasteiger partial charge is 0.481 e. The van der Waals surface area contributed by atoms with Gasteiger partial charge in [-0.1, -0.05) is 11.6 Å². The number of hydrogen-bond donors (Lipinski definition) is 2. The van der Waals surface area contributed by atoms with Crippen molar-refractivity contribution in [2.75, 3.05) is 0 Å². The Kier molecular flexibility index (Phi) is 7.85. The molecular formula is C22H22ClF2N5O5. The summed E-state index contributed by atoms with van der Waals surface area (Å²) in [5.41, 5.74) is -0.183. The van der Waals surface area contributed by atoms with Crippen LogP contribution in [0, 0.1) is 11.6 Å². The maximum atomic E-state index is 14.6. The minimum Gasteiger partial charge on any atom is -0.481 e. The molecule has 1 unspecified atom stereocenters. The van der Waals surface area contributed by atoms with Crippen molar-refractivity contribution in [3.05, 3.63) is 59.0 Å². The van der Waals surface area contributed by atoms with E-state index in [9.17, 15) is 18.4 Å². The van der Waals surface area contributed by atoms with Gasteiger partial charge in [-0.2, -0.15) is 15.0 Å². The van der Waals surface area contributed by atoms with E-state index in [2.05, 4.69) is 20.5 Å². The molecule has 1 atom stereocenters. The van der Waals surface area contributed by atoms with Crippen molar-refractivity contribution in [3.8, 4) is 17.3 Å². The Morgan fingerprint density at radius 1 is 1.20 bits per heavy atom. The Morgan fingerprint density at radius 3 is 2.57 bits per heavy atom. The molecule has 0 saturated heterocycles. The zero-order valence-electron chi connectivity index (χ0n) is 19.0. The number of carbonyl (C=O) groups excluding carboxylic acids is 1. The summed E-state index contributed by atoms with van der Waals surface area (Å²) in [4.78, 5) is 28.1. The van der Waals surface area contributed by atoms with Crippen molar-refractivity contribution in [1.82, 2.24) is 25.3 Å². The van der Waals surface area contributed by atoms with E-state index in [0.29, 0.717) is 5.69 Å². The van der Waals surface area contributed by atoms with Crippen LogP contribution in [0.15, 0.2) is 36.7 Å². The minimum atomic E-state index is -1.12. The molecule has 13 heteroatoms. The van der Waals surface area contributed by atoms with Gasteiger partial charge in [-0.15, -0.1) is 0 Å². The van der Waals surface area contributed by atoms with Crippen LogP contribution in [-0.2, 0) is 16.0 Å². The second-order valence-corrected chi connectivity index (χ2v) is 8.86. The summed E-state index contributed by atoms with van der Waals surface area (Å²) in [6.45, 7) is 5.05. The van der Waals surface area contributed by atoms with Crippen LogP contribution >= 0.6 is 11.6 Å². The number of halogens is 3. The lowest BCUT2D eigenvalue weighted by atomic mass is 10.1. The Bertz CT molecular complexity index is 1230. The lowest BCUT2D eigenvalue weighted by Gasteiger charge is -2.22. The monoisotopic (exact) mass is 509 g/mol. The molecule has 0 aliphatic rings. The average molecular weight is 510 g/mol. The summed E-state index contributed by atoms with van der Waals surface area (Å²) in [5.74, 6) is -3.52. The highest BCUT2D eigenvalue weighted by molar-refractivity contribution is 6.30. The van der Waals surface area contributed by atoms with Crippen LogP contribution in [0.3, 0.4) is 0 Å². The first kappa shape index (κ1) is 25.8. The maximum Gasteiger partial charge on any atom is 0.407 e. The lowest BCUT2D eigenvalue weighted by molar-refractivity contribution is -0.137. The average Bonchev–Trinajstić information content (AvgIpc) is 3.17. The molecule has 0 saturated carbocycles. The molecule has 0 radical (unpaired) electrons. The number of rotatable bonds is 8. The van der Waals surface area contributed by atoms with Gasteiger partial charge in [0.15, 0.2) is 17.4 Å². The summed E-state index contributed by atoms with van der Waals surface area (Å²) in [5, 5.41) is 20.0. The summed E-state index contributed by atoms with van der Waals surface area (Å²) in [6, 6.07) is 3.92. The fourth-order valence-electron chi connectivity index (χ4n) is 2.90. The van der Waals surface area contributed by atoms with E-state index in [1.165, 1.54) is 18.3 Å². The van der Waals surface area contributed by atoms with Crippen molar-refractivity contribution < 1.29 is 33.0 Å². The highest BCUT2D eigenvalue weighted by Gasteiger charge is 2.23. The van der Waals surface area contributed by atoms with Crippen LogP contribution in [0.25, 0.3) is 5.69 Å². The van der Waals surface area contributed by atoms with Gasteiger partial charge in [0.1, 0.15) is 5.60 Å². The van der Waals surface area contributed by atoms with Crippen LogP contribution in [-0.4, -0.2) is 48.8 Å². The minimum absolute atomic E-state index is 0.0384. The van der Waals surface area contributed by atoms with Crippen molar-refractivity contribution in [1.29, 1.82) is 0 Å². The highest BCUT2D eigenvalue weighted by atomic mass is 35.5. The number of nitrogens with zero attached hydrogens (tertiary/aromatic N) is 4. The van der Waals surface area contributed by atoms with E-state index >= 15 is 0 Å². The molecule has 0 spiro atoms. The first-order valence-corrected chi connectivity index (χ1v) is 10.7. The number of benzene rings is 1. The van der Waals surface area contributed by atoms with E-state index in [1.54, 1.807) is 20.8 Å². The number of aromatic nitrogens is 4. The van der Waals surface area contributed by atoms with Gasteiger partial charge in [0.25, 0.3) is 5.88 Å². The number of carboxylic acid groups (broad SMARTS) is 1. The van der Waals surface area contributed by atoms with Gasteiger partial charge in [0, 0.05) is 24.7 Å². The van der Waals surface area contributed by atoms with E-state index in [0.717, 1.165) is 23.1 Å². The third-order valence-corrected chi connectivity index (χ3v) is 4.47. The van der Waals surface area contributed by atoms with Gasteiger partial charge in [-0.25, -0.2) is 18.6 Å². The molecule has 10 nitrogen and oxygen atoms in total. The number of amides is 1. The Hall–Kier alpha value is -3.80. The number of pyridine rings is 1. The number of hydrogen-bond acceptors (Lipinski definition) is 7. The third kappa shape index (κ3) is 7.60. The van der Waals surface area contributed by atoms with Crippen molar-refractivity contribution in [2.45, 2.75) is 45.3 Å². The fraction of sp³-hybridized carbons (Fsp3) is 0.318. The van der Waals surface area contributed by atoms with Crippen LogP contribution < -0.4 is 10.1 Å². The van der Waals surface area contributed by atoms with Gasteiger partial charge in [-0.05, 0) is 39.0 Å². The molecule has 2 aromatic heterocycles. The molecule has 0 fully saturated rings. The second-order valence-electron chi connectivity index (χ2n) is 8.43. The summed E-state index contributed by atoms with van der Waals surface area (Å²) < 4.78 is 38.8. The Labute approximate surface area is 203 Å². The molecule has 0 aliphatic carbocycles. The molecule has 2 heterocycles. The predicted molar refractivity (Wildman–Crippen MR) is 120 cm³/mol. The number of carbonyl (C=O) groups is 2. The quantitative estimate of drug-likeness (QED) is 0.460. The van der Waals surface area contributed by atoms with Crippen molar-refractivity contribution >= 4 is 23.7 Å². The fourth-order valence-corrected chi connectivity index (χ4v) is 3.05. The molecule has 3 aromatic rings. The zero-order valence-corrected chi connectivity index (χ0v) is 19.7. The first-order valence-electron chi connectivity index (χ1n) is 10.3. The second kappa shape index (κ2) is 10.6. The smallest absolute Gasteiger partial charge is 0.407 e. The summed E-state index contributed by atoms with van der Waals surface area (Å²) >= 11 is 5.64. The van der Waals surface area contributed by atoms with Crippen molar-refractivity contribution in [3.63, 3.8) is 0 Å². The van der Waals surface area contributed by atoms with E-state index in [4.69, 9.17) is 26.2 Å². The normalized spacial score (nSPS) is 12.2. The SMILES string of the molecule is CC(C)(C)OC(=O)NC(CC(=O)O)Cc1cnn(-c2ccc(Oc3ncc(Cl)cc3F)c(F)c2)n1. The van der Waals surface area contributed by atoms with E-state index < -0.39 is 41.2 Å². The first-order chi connectivity index (χ1) is 16.4. The van der Waals surface area contributed by atoms with Gasteiger partial charge in [0.2, 0.25) is 0 Å². The van der Waals surface area contributed by atoms with Gasteiger partial charge in [-0.3, -0.25) is 4.79 Å². The standard InChI is InChI=1S/C22H22ClF2N5O5/c1-22(2,3)35-21(33)28-13(8-19(31)32)7-14-11-27-30(29-14)15-4-5-18(16(24)9-15)34-20-17(25)6-12(23)10-26-20/h4-6,9-11,13H,7-8H2,1-3H3,(H,28,33)(H,31,32). The van der Waals surface area contributed by atoms with Gasteiger partial charge in [0.05, 0.1) is 29.0 Å². The molecule has 0 bridgehead atoms. The number of ether oxygens (including phenoxy) is 2. The van der Waals surface area contributed by atoms with E-state index in [-0.39, 0.29) is 29.3 Å². The van der Waals surface area contributed by atoms with Gasteiger partial charge >= 0.3 is 12.1 Å². The van der Waals surface area contributed by atoms with E-state index in [1.807, 2.05) is 0 Å². The molecule has 2 N–H and O–H groups in total. The van der Waals surface area contributed by atoms with Crippen LogP contribution in [0.1, 0.15) is 32.9 Å². The van der Waals surface area contributed by atoms with Crippen molar-refractivity contribution in [2.24, 2.45) is 0 Å². The summed E-state index contributed by atoms with van der Waals surface area (Å²) in [6.07, 6.45) is 1.43. The third-order valence-electron chi connectivity index (χ3n) is 4.26. The number of aliphatic carboxylic acids is 1. The number of nitrogens with one attached hydrogen (secondary N) is 1. The zero-order chi connectivity index (χ0) is 25.8. The number of alkyl carbamates (subject to hydrolysis) is 1. The van der Waals surface area contributed by atoms with Crippen LogP contribution in [0.5, 0.6) is 11.6 Å². The number of carboxylic acids is 1. The summed E-state index contributed by atoms with van der Waals surface area (Å²) in [7, 11) is 0. The highest BCUT2D eigenvalue weighted by Crippen LogP contribution is 2.27. The molecule has 1 amide bonds.